The number of aryl methyl sites for hydroxylation is 2. The fraction of sp³-hybridized carbons (Fsp3) is 0.167. The number of benzene rings is 1. The summed E-state index contributed by atoms with van der Waals surface area (Å²) in [5, 5.41) is 3.24. The minimum absolute atomic E-state index is 0.145. The third-order valence-electron chi connectivity index (χ3n) is 2.80. The zero-order valence-electron chi connectivity index (χ0n) is 9.39. The summed E-state index contributed by atoms with van der Waals surface area (Å²) in [7, 11) is 0. The van der Waals surface area contributed by atoms with Crippen molar-refractivity contribution < 1.29 is 9.59 Å². The van der Waals surface area contributed by atoms with Crippen LogP contribution in [-0.2, 0) is 0 Å². The monoisotopic (exact) mass is 227 g/mol. The lowest BCUT2D eigenvalue weighted by atomic mass is 9.89. The largest absolute Gasteiger partial charge is 0.289 e. The maximum Gasteiger partial charge on any atom is 0.196 e. The van der Waals surface area contributed by atoms with Gasteiger partial charge in [0.2, 0.25) is 0 Å². The van der Waals surface area contributed by atoms with E-state index in [1.54, 1.807) is 12.1 Å². The quantitative estimate of drug-likeness (QED) is 0.419. The van der Waals surface area contributed by atoms with Crippen molar-refractivity contribution in [2.24, 2.45) is 5.11 Å². The first-order valence-corrected chi connectivity index (χ1v) is 5.01. The summed E-state index contributed by atoms with van der Waals surface area (Å²) in [5.74, 6) is -0.703. The van der Waals surface area contributed by atoms with Crippen molar-refractivity contribution in [3.8, 4) is 0 Å². The van der Waals surface area contributed by atoms with Gasteiger partial charge in [-0.25, -0.2) is 0 Å². The van der Waals surface area contributed by atoms with Crippen LogP contribution in [0.15, 0.2) is 29.0 Å². The van der Waals surface area contributed by atoms with Crippen molar-refractivity contribution in [1.82, 2.24) is 0 Å². The van der Waals surface area contributed by atoms with Crippen molar-refractivity contribution in [1.29, 1.82) is 0 Å². The lowest BCUT2D eigenvalue weighted by Crippen LogP contribution is -2.16. The first-order valence-electron chi connectivity index (χ1n) is 5.01. The highest BCUT2D eigenvalue weighted by Crippen LogP contribution is 2.25. The van der Waals surface area contributed by atoms with Crippen LogP contribution in [0.25, 0.3) is 10.4 Å². The van der Waals surface area contributed by atoms with Crippen LogP contribution in [0.2, 0.25) is 0 Å². The third-order valence-corrected chi connectivity index (χ3v) is 2.80. The summed E-state index contributed by atoms with van der Waals surface area (Å²) in [6, 6.07) is 3.35. The number of hydrogen-bond acceptors (Lipinski definition) is 3. The first-order chi connectivity index (χ1) is 8.04. The van der Waals surface area contributed by atoms with Gasteiger partial charge in [0.05, 0.1) is 5.70 Å². The number of Topliss-reactive ketones (excluding diaryl/α,β-unsaturated/α-hetero) is 1. The van der Waals surface area contributed by atoms with Gasteiger partial charge in [-0.3, -0.25) is 9.59 Å². The van der Waals surface area contributed by atoms with E-state index >= 15 is 0 Å². The maximum absolute atomic E-state index is 11.9. The Labute approximate surface area is 97.4 Å². The molecular formula is C12H9N3O2. The van der Waals surface area contributed by atoms with Gasteiger partial charge in [0, 0.05) is 16.0 Å². The van der Waals surface area contributed by atoms with Gasteiger partial charge >= 0.3 is 0 Å². The van der Waals surface area contributed by atoms with E-state index in [0.717, 1.165) is 17.2 Å². The van der Waals surface area contributed by atoms with Gasteiger partial charge in [0.1, 0.15) is 0 Å². The molecule has 0 N–H and O–H groups in total. The molecule has 0 amide bonds. The Morgan fingerprint density at radius 1 is 1.12 bits per heavy atom. The van der Waals surface area contributed by atoms with Crippen LogP contribution in [0, 0.1) is 13.8 Å². The number of ketones is 2. The number of hydrogen-bond donors (Lipinski definition) is 0. The second-order valence-electron chi connectivity index (χ2n) is 3.89. The van der Waals surface area contributed by atoms with Crippen molar-refractivity contribution >= 4 is 11.6 Å². The van der Waals surface area contributed by atoms with Crippen LogP contribution in [0.1, 0.15) is 31.8 Å². The summed E-state index contributed by atoms with van der Waals surface area (Å²) in [6.07, 6.45) is 1.08. The Morgan fingerprint density at radius 3 is 2.29 bits per heavy atom. The molecule has 0 saturated heterocycles. The molecule has 0 bridgehead atoms. The molecular weight excluding hydrogens is 218 g/mol. The molecule has 17 heavy (non-hydrogen) atoms. The average Bonchev–Trinajstić information content (AvgIpc) is 2.29. The van der Waals surface area contributed by atoms with Gasteiger partial charge in [-0.1, -0.05) is 5.11 Å². The number of allylic oxidation sites excluding steroid dienone is 2. The average molecular weight is 227 g/mol. The molecule has 1 aliphatic rings. The summed E-state index contributed by atoms with van der Waals surface area (Å²) in [4.78, 5) is 26.2. The minimum atomic E-state index is -0.402. The molecule has 1 aromatic rings. The molecule has 0 fully saturated rings. The second-order valence-corrected chi connectivity index (χ2v) is 3.89. The zero-order chi connectivity index (χ0) is 12.6. The highest BCUT2D eigenvalue weighted by atomic mass is 16.1. The van der Waals surface area contributed by atoms with Gasteiger partial charge in [-0.05, 0) is 48.7 Å². The summed E-state index contributed by atoms with van der Waals surface area (Å²) in [6.45, 7) is 3.74. The fourth-order valence-electron chi connectivity index (χ4n) is 1.74. The molecule has 0 atom stereocenters. The molecule has 5 heteroatoms. The molecule has 0 spiro atoms. The lowest BCUT2D eigenvalue weighted by molar-refractivity contribution is 0.0983. The topological polar surface area (TPSA) is 82.9 Å². The Balaban J connectivity index is 2.68. The predicted molar refractivity (Wildman–Crippen MR) is 61.8 cm³/mol. The molecule has 1 aromatic carbocycles. The van der Waals surface area contributed by atoms with Crippen LogP contribution in [-0.4, -0.2) is 11.6 Å². The number of rotatable bonds is 1. The van der Waals surface area contributed by atoms with Gasteiger partial charge in [-0.15, -0.1) is 0 Å². The molecule has 84 valence electrons. The fourth-order valence-corrected chi connectivity index (χ4v) is 1.74. The molecule has 0 aliphatic heterocycles. The molecule has 0 radical (unpaired) electrons. The lowest BCUT2D eigenvalue weighted by Gasteiger charge is -2.14. The molecule has 5 nitrogen and oxygen atoms in total. The van der Waals surface area contributed by atoms with E-state index in [9.17, 15) is 9.59 Å². The van der Waals surface area contributed by atoms with E-state index in [1.807, 2.05) is 13.8 Å². The van der Waals surface area contributed by atoms with E-state index in [2.05, 4.69) is 10.0 Å². The van der Waals surface area contributed by atoms with Crippen LogP contribution >= 0.6 is 0 Å². The molecule has 0 unspecified atom stereocenters. The number of nitrogens with zero attached hydrogens (tertiary/aromatic N) is 3. The maximum atomic E-state index is 11.9. The Hall–Kier alpha value is -2.39. The van der Waals surface area contributed by atoms with E-state index in [4.69, 9.17) is 5.53 Å². The number of azide groups is 1. The van der Waals surface area contributed by atoms with E-state index < -0.39 is 5.78 Å². The van der Waals surface area contributed by atoms with Crippen LogP contribution in [0.3, 0.4) is 0 Å². The minimum Gasteiger partial charge on any atom is -0.289 e. The number of carbonyl (C=O) groups is 2. The van der Waals surface area contributed by atoms with E-state index in [1.165, 1.54) is 0 Å². The molecule has 0 saturated carbocycles. The van der Waals surface area contributed by atoms with Crippen molar-refractivity contribution in [2.75, 3.05) is 0 Å². The van der Waals surface area contributed by atoms with Crippen molar-refractivity contribution in [3.63, 3.8) is 0 Å². The highest BCUT2D eigenvalue weighted by molar-refractivity contribution is 6.24. The van der Waals surface area contributed by atoms with Crippen molar-refractivity contribution in [3.05, 3.63) is 56.6 Å². The molecule has 0 aromatic heterocycles. The third kappa shape index (κ3) is 1.73. The van der Waals surface area contributed by atoms with E-state index in [0.29, 0.717) is 11.1 Å². The standard InChI is InChI=1S/C12H9N3O2/c1-6-3-8-9(4-7(6)2)12(17)10(14-15-13)5-11(8)16/h3-5H,1-2H3. The molecule has 1 aliphatic carbocycles. The summed E-state index contributed by atoms with van der Waals surface area (Å²) >= 11 is 0. The second kappa shape index (κ2) is 3.88. The van der Waals surface area contributed by atoms with Gasteiger partial charge in [0.15, 0.2) is 11.6 Å². The first kappa shape index (κ1) is 11.1. The van der Waals surface area contributed by atoms with Crippen molar-refractivity contribution in [2.45, 2.75) is 13.8 Å². The Morgan fingerprint density at radius 2 is 1.71 bits per heavy atom. The zero-order valence-corrected chi connectivity index (χ0v) is 9.39. The van der Waals surface area contributed by atoms with E-state index in [-0.39, 0.29) is 11.5 Å². The van der Waals surface area contributed by atoms with Gasteiger partial charge in [-0.2, -0.15) is 0 Å². The van der Waals surface area contributed by atoms with Crippen LogP contribution < -0.4 is 0 Å². The smallest absolute Gasteiger partial charge is 0.196 e. The highest BCUT2D eigenvalue weighted by Gasteiger charge is 2.25. The summed E-state index contributed by atoms with van der Waals surface area (Å²) in [5.41, 5.74) is 10.7. The summed E-state index contributed by atoms with van der Waals surface area (Å²) < 4.78 is 0. The Kier molecular flexibility index (Phi) is 2.54. The predicted octanol–water partition coefficient (Wildman–Crippen LogP) is 2.88. The molecule has 0 heterocycles. The number of carbonyl (C=O) groups excluding carboxylic acids is 2. The normalized spacial score (nSPS) is 13.9. The van der Waals surface area contributed by atoms with Crippen LogP contribution in [0.4, 0.5) is 0 Å². The number of fused-ring (bicyclic) bond motifs is 1. The van der Waals surface area contributed by atoms with Gasteiger partial charge in [0.25, 0.3) is 0 Å². The Bertz CT molecular complexity index is 623. The van der Waals surface area contributed by atoms with Crippen LogP contribution in [0.5, 0.6) is 0 Å². The molecule has 2 rings (SSSR count). The van der Waals surface area contributed by atoms with Gasteiger partial charge < -0.3 is 0 Å². The SMILES string of the molecule is Cc1cc2c(cc1C)C(=O)C(N=[N+]=[N-])=CC2=O.